The molecule has 0 atom stereocenters. The fourth-order valence-electron chi connectivity index (χ4n) is 2.06. The molecule has 1 aromatic rings. The molecule has 1 fully saturated rings. The minimum absolute atomic E-state index is 0.786. The molecule has 4 heteroatoms. The summed E-state index contributed by atoms with van der Waals surface area (Å²) in [5.41, 5.74) is 8.26. The van der Waals surface area contributed by atoms with Crippen LogP contribution in [0.1, 0.15) is 31.0 Å². The second-order valence-electron chi connectivity index (χ2n) is 4.37. The Hall–Kier alpha value is -1.03. The summed E-state index contributed by atoms with van der Waals surface area (Å²) in [5.74, 6) is 0.812. The molecular weight excluding hydrogens is 188 g/mol. The molecule has 1 aliphatic rings. The molecule has 84 valence electrons. The Bertz CT molecular complexity index is 352. The normalized spacial score (nSPS) is 16.3. The summed E-state index contributed by atoms with van der Waals surface area (Å²) >= 11 is 0. The standard InChI is InChI=1S/C11H20N4/c1-4-15(9-5-6-9)7-10-8(2)13-14(3)11(10)12/h9H,4-7,12H2,1-3H3. The van der Waals surface area contributed by atoms with Crippen molar-refractivity contribution in [3.63, 3.8) is 0 Å². The molecule has 0 spiro atoms. The first-order valence-corrected chi connectivity index (χ1v) is 5.65. The van der Waals surface area contributed by atoms with Gasteiger partial charge in [-0.05, 0) is 26.3 Å². The number of hydrogen-bond acceptors (Lipinski definition) is 3. The van der Waals surface area contributed by atoms with Crippen LogP contribution in [0.25, 0.3) is 0 Å². The van der Waals surface area contributed by atoms with E-state index in [0.717, 1.165) is 30.6 Å². The second kappa shape index (κ2) is 3.85. The van der Waals surface area contributed by atoms with Crippen molar-refractivity contribution in [2.75, 3.05) is 12.3 Å². The topological polar surface area (TPSA) is 47.1 Å². The van der Waals surface area contributed by atoms with E-state index < -0.39 is 0 Å². The van der Waals surface area contributed by atoms with Crippen LogP contribution in [0.5, 0.6) is 0 Å². The zero-order valence-corrected chi connectivity index (χ0v) is 9.82. The Balaban J connectivity index is 2.14. The van der Waals surface area contributed by atoms with Gasteiger partial charge in [-0.2, -0.15) is 5.10 Å². The zero-order chi connectivity index (χ0) is 11.0. The number of aryl methyl sites for hydroxylation is 2. The van der Waals surface area contributed by atoms with Crippen LogP contribution in [0.4, 0.5) is 5.82 Å². The van der Waals surface area contributed by atoms with Crippen LogP contribution >= 0.6 is 0 Å². The molecule has 1 aliphatic carbocycles. The Morgan fingerprint density at radius 2 is 2.20 bits per heavy atom. The maximum atomic E-state index is 6.00. The molecule has 0 saturated heterocycles. The number of nitrogen functional groups attached to an aromatic ring is 1. The Labute approximate surface area is 91.1 Å². The molecule has 2 rings (SSSR count). The lowest BCUT2D eigenvalue weighted by molar-refractivity contribution is 0.269. The lowest BCUT2D eigenvalue weighted by atomic mass is 10.2. The number of aromatic nitrogens is 2. The maximum absolute atomic E-state index is 6.00. The van der Waals surface area contributed by atoms with Crippen LogP contribution in [0.3, 0.4) is 0 Å². The first kappa shape index (κ1) is 10.5. The highest BCUT2D eigenvalue weighted by Gasteiger charge is 2.28. The van der Waals surface area contributed by atoms with E-state index in [-0.39, 0.29) is 0 Å². The SMILES string of the molecule is CCN(Cc1c(C)nn(C)c1N)C1CC1. The monoisotopic (exact) mass is 208 g/mol. The average Bonchev–Trinajstić information content (AvgIpc) is 2.98. The summed E-state index contributed by atoms with van der Waals surface area (Å²) in [6.07, 6.45) is 2.68. The first-order valence-electron chi connectivity index (χ1n) is 5.65. The summed E-state index contributed by atoms with van der Waals surface area (Å²) in [7, 11) is 1.90. The third kappa shape index (κ3) is 2.00. The second-order valence-corrected chi connectivity index (χ2v) is 4.37. The molecular formula is C11H20N4. The molecule has 0 unspecified atom stereocenters. The smallest absolute Gasteiger partial charge is 0.126 e. The average molecular weight is 208 g/mol. The van der Waals surface area contributed by atoms with Gasteiger partial charge < -0.3 is 5.73 Å². The van der Waals surface area contributed by atoms with Crippen molar-refractivity contribution >= 4 is 5.82 Å². The van der Waals surface area contributed by atoms with Crippen LogP contribution < -0.4 is 5.73 Å². The molecule has 0 aromatic carbocycles. The zero-order valence-electron chi connectivity index (χ0n) is 9.82. The number of nitrogens with zero attached hydrogens (tertiary/aromatic N) is 3. The Morgan fingerprint density at radius 3 is 2.60 bits per heavy atom. The predicted molar refractivity (Wildman–Crippen MR) is 61.5 cm³/mol. The Morgan fingerprint density at radius 1 is 1.53 bits per heavy atom. The van der Waals surface area contributed by atoms with Crippen molar-refractivity contribution in [3.05, 3.63) is 11.3 Å². The van der Waals surface area contributed by atoms with Gasteiger partial charge in [-0.25, -0.2) is 0 Å². The maximum Gasteiger partial charge on any atom is 0.126 e. The van der Waals surface area contributed by atoms with Crippen molar-refractivity contribution in [1.82, 2.24) is 14.7 Å². The van der Waals surface area contributed by atoms with Gasteiger partial charge in [-0.15, -0.1) is 0 Å². The van der Waals surface area contributed by atoms with Crippen molar-refractivity contribution < 1.29 is 0 Å². The number of rotatable bonds is 4. The highest BCUT2D eigenvalue weighted by atomic mass is 15.3. The molecule has 0 radical (unpaired) electrons. The van der Waals surface area contributed by atoms with Crippen LogP contribution in [0, 0.1) is 6.92 Å². The predicted octanol–water partition coefficient (Wildman–Crippen LogP) is 1.30. The molecule has 1 heterocycles. The minimum Gasteiger partial charge on any atom is -0.384 e. The van der Waals surface area contributed by atoms with E-state index in [2.05, 4.69) is 16.9 Å². The fraction of sp³-hybridized carbons (Fsp3) is 0.727. The molecule has 1 saturated carbocycles. The molecule has 15 heavy (non-hydrogen) atoms. The first-order chi connectivity index (χ1) is 7.13. The number of nitrogens with two attached hydrogens (primary N) is 1. The van der Waals surface area contributed by atoms with Crippen molar-refractivity contribution in [2.45, 2.75) is 39.3 Å². The van der Waals surface area contributed by atoms with E-state index in [1.165, 1.54) is 18.4 Å². The van der Waals surface area contributed by atoms with E-state index in [0.29, 0.717) is 0 Å². The van der Waals surface area contributed by atoms with Crippen LogP contribution in [0.2, 0.25) is 0 Å². The molecule has 1 aromatic heterocycles. The molecule has 0 aliphatic heterocycles. The third-order valence-electron chi connectivity index (χ3n) is 3.23. The molecule has 0 amide bonds. The van der Waals surface area contributed by atoms with Gasteiger partial charge in [-0.1, -0.05) is 6.92 Å². The highest BCUT2D eigenvalue weighted by Crippen LogP contribution is 2.29. The van der Waals surface area contributed by atoms with Gasteiger partial charge in [0.25, 0.3) is 0 Å². The summed E-state index contributed by atoms with van der Waals surface area (Å²) in [4.78, 5) is 2.49. The lowest BCUT2D eigenvalue weighted by Crippen LogP contribution is -2.25. The highest BCUT2D eigenvalue weighted by molar-refractivity contribution is 5.42. The van der Waals surface area contributed by atoms with Crippen molar-refractivity contribution in [2.24, 2.45) is 7.05 Å². The largest absolute Gasteiger partial charge is 0.384 e. The van der Waals surface area contributed by atoms with E-state index in [1.54, 1.807) is 4.68 Å². The summed E-state index contributed by atoms with van der Waals surface area (Å²) in [5, 5.41) is 4.34. The van der Waals surface area contributed by atoms with Gasteiger partial charge in [-0.3, -0.25) is 9.58 Å². The quantitative estimate of drug-likeness (QED) is 0.811. The third-order valence-corrected chi connectivity index (χ3v) is 3.23. The van der Waals surface area contributed by atoms with Crippen LogP contribution in [0.15, 0.2) is 0 Å². The minimum atomic E-state index is 0.786. The van der Waals surface area contributed by atoms with E-state index >= 15 is 0 Å². The lowest BCUT2D eigenvalue weighted by Gasteiger charge is -2.19. The summed E-state index contributed by atoms with van der Waals surface area (Å²) in [6.45, 7) is 6.29. The number of hydrogen-bond donors (Lipinski definition) is 1. The van der Waals surface area contributed by atoms with Gasteiger partial charge in [0.2, 0.25) is 0 Å². The Kier molecular flexibility index (Phi) is 2.69. The van der Waals surface area contributed by atoms with Gasteiger partial charge in [0.05, 0.1) is 5.69 Å². The van der Waals surface area contributed by atoms with Crippen LogP contribution in [-0.4, -0.2) is 27.3 Å². The molecule has 0 bridgehead atoms. The van der Waals surface area contributed by atoms with E-state index in [9.17, 15) is 0 Å². The molecule has 4 nitrogen and oxygen atoms in total. The summed E-state index contributed by atoms with van der Waals surface area (Å²) < 4.78 is 1.77. The fourth-order valence-corrected chi connectivity index (χ4v) is 2.06. The van der Waals surface area contributed by atoms with Gasteiger partial charge in [0.1, 0.15) is 5.82 Å². The molecule has 2 N–H and O–H groups in total. The van der Waals surface area contributed by atoms with Gasteiger partial charge in [0, 0.05) is 25.2 Å². The van der Waals surface area contributed by atoms with E-state index in [1.807, 2.05) is 14.0 Å². The summed E-state index contributed by atoms with van der Waals surface area (Å²) in [6, 6.07) is 0.786. The van der Waals surface area contributed by atoms with Gasteiger partial charge in [0.15, 0.2) is 0 Å². The number of anilines is 1. The van der Waals surface area contributed by atoms with Crippen molar-refractivity contribution in [1.29, 1.82) is 0 Å². The van der Waals surface area contributed by atoms with Crippen LogP contribution in [-0.2, 0) is 13.6 Å². The van der Waals surface area contributed by atoms with Crippen molar-refractivity contribution in [3.8, 4) is 0 Å². The van der Waals surface area contributed by atoms with Gasteiger partial charge >= 0.3 is 0 Å². The van der Waals surface area contributed by atoms with E-state index in [4.69, 9.17) is 5.73 Å².